The number of fused-ring (bicyclic) bond motifs is 1. The molecule has 1 aliphatic carbocycles. The highest BCUT2D eigenvalue weighted by atomic mass is 32.2. The second-order valence-electron chi connectivity index (χ2n) is 6.97. The van der Waals surface area contributed by atoms with E-state index in [1.807, 2.05) is 53.6 Å². The molecule has 27 heavy (non-hydrogen) atoms. The molecule has 0 saturated carbocycles. The summed E-state index contributed by atoms with van der Waals surface area (Å²) in [4.78, 5) is 12.3. The molecule has 0 spiro atoms. The third-order valence-electron chi connectivity index (χ3n) is 5.06. The molecular weight excluding hydrogens is 378 g/mol. The summed E-state index contributed by atoms with van der Waals surface area (Å²) in [6, 6.07) is 8.22. The second-order valence-corrected chi connectivity index (χ2v) is 9.69. The molecule has 0 bridgehead atoms. The number of hydrogen-bond acceptors (Lipinski definition) is 5. The average molecular weight is 404 g/mol. The molecule has 1 atom stereocenters. The highest BCUT2D eigenvalue weighted by molar-refractivity contribution is 8.16. The summed E-state index contributed by atoms with van der Waals surface area (Å²) < 4.78 is 8.13. The van der Waals surface area contributed by atoms with Gasteiger partial charge in [-0.15, -0.1) is 23.5 Å². The first-order valence-corrected chi connectivity index (χ1v) is 11.6. The number of ether oxygens (including phenoxy) is 1. The van der Waals surface area contributed by atoms with E-state index in [4.69, 9.17) is 4.74 Å². The fraction of sp³-hybridized carbons (Fsp3) is 0.500. The Morgan fingerprint density at radius 3 is 2.81 bits per heavy atom. The molecule has 7 heteroatoms. The van der Waals surface area contributed by atoms with Gasteiger partial charge in [-0.1, -0.05) is 12.1 Å². The van der Waals surface area contributed by atoms with Crippen LogP contribution in [0.2, 0.25) is 0 Å². The maximum absolute atomic E-state index is 12.3. The second kappa shape index (κ2) is 8.61. The zero-order chi connectivity index (χ0) is 18.6. The van der Waals surface area contributed by atoms with Crippen molar-refractivity contribution in [2.24, 2.45) is 7.05 Å². The molecule has 0 unspecified atom stereocenters. The van der Waals surface area contributed by atoms with E-state index in [0.717, 1.165) is 30.6 Å². The molecule has 1 saturated heterocycles. The molecular formula is C20H25N3O2S2. The van der Waals surface area contributed by atoms with Crippen molar-refractivity contribution in [2.45, 2.75) is 36.3 Å². The van der Waals surface area contributed by atoms with Crippen LogP contribution in [0.3, 0.4) is 0 Å². The zero-order valence-electron chi connectivity index (χ0n) is 15.5. The standard InChI is InChI=1S/C20H25N3O2S2/c1-23-18-5-2-4-17(16(18)12-21-23)22-19(24)13-25-15-8-6-14(7-9-15)20-26-10-3-11-27-20/h6-9,12,17,20H,2-5,10-11,13H2,1H3,(H,22,24)/t17-/m0/s1. The van der Waals surface area contributed by atoms with Crippen LogP contribution in [0.15, 0.2) is 30.5 Å². The molecule has 0 radical (unpaired) electrons. The largest absolute Gasteiger partial charge is 0.484 e. The molecule has 1 aromatic carbocycles. The van der Waals surface area contributed by atoms with E-state index in [9.17, 15) is 4.79 Å². The third-order valence-corrected chi connectivity index (χ3v) is 8.08. The number of aromatic nitrogens is 2. The van der Waals surface area contributed by atoms with Crippen LogP contribution in [0.4, 0.5) is 0 Å². The van der Waals surface area contributed by atoms with Gasteiger partial charge >= 0.3 is 0 Å². The maximum atomic E-state index is 12.3. The predicted octanol–water partition coefficient (Wildman–Crippen LogP) is 3.86. The molecule has 4 rings (SSSR count). The zero-order valence-corrected chi connectivity index (χ0v) is 17.2. The van der Waals surface area contributed by atoms with Crippen LogP contribution in [0, 0.1) is 0 Å². The monoisotopic (exact) mass is 403 g/mol. The van der Waals surface area contributed by atoms with Gasteiger partial charge in [-0.2, -0.15) is 5.10 Å². The fourth-order valence-corrected chi connectivity index (χ4v) is 6.54. The SMILES string of the molecule is Cn1ncc2c1CCC[C@@H]2NC(=O)COc1ccc(C2SCCCS2)cc1. The van der Waals surface area contributed by atoms with Crippen LogP contribution >= 0.6 is 23.5 Å². The number of carbonyl (C=O) groups is 1. The third kappa shape index (κ3) is 4.46. The summed E-state index contributed by atoms with van der Waals surface area (Å²) in [6.45, 7) is 0.0401. The van der Waals surface area contributed by atoms with Gasteiger partial charge in [0.1, 0.15) is 5.75 Å². The van der Waals surface area contributed by atoms with Gasteiger partial charge in [0.2, 0.25) is 0 Å². The Labute approximate surface area is 168 Å². The van der Waals surface area contributed by atoms with Crippen molar-refractivity contribution in [3.05, 3.63) is 47.3 Å². The van der Waals surface area contributed by atoms with Crippen molar-refractivity contribution in [3.8, 4) is 5.75 Å². The maximum Gasteiger partial charge on any atom is 0.258 e. The van der Waals surface area contributed by atoms with Crippen LogP contribution in [0.1, 0.15) is 46.7 Å². The minimum atomic E-state index is -0.0841. The number of amides is 1. The number of rotatable bonds is 5. The summed E-state index contributed by atoms with van der Waals surface area (Å²) in [7, 11) is 1.96. The van der Waals surface area contributed by atoms with E-state index in [-0.39, 0.29) is 18.6 Å². The Morgan fingerprint density at radius 2 is 2.04 bits per heavy atom. The molecule has 5 nitrogen and oxygen atoms in total. The van der Waals surface area contributed by atoms with E-state index in [1.165, 1.54) is 29.2 Å². The first-order valence-electron chi connectivity index (χ1n) is 9.47. The predicted molar refractivity (Wildman–Crippen MR) is 111 cm³/mol. The Bertz CT molecular complexity index is 785. The minimum absolute atomic E-state index is 0.0401. The number of nitrogens with one attached hydrogen (secondary N) is 1. The summed E-state index contributed by atoms with van der Waals surface area (Å²) in [6.07, 6.45) is 6.22. The van der Waals surface area contributed by atoms with Gasteiger partial charge in [-0.05, 0) is 54.9 Å². The lowest BCUT2D eigenvalue weighted by Gasteiger charge is -2.24. The molecule has 1 aromatic heterocycles. The van der Waals surface area contributed by atoms with Crippen LogP contribution in [0.25, 0.3) is 0 Å². The number of carbonyl (C=O) groups excluding carboxylic acids is 1. The lowest BCUT2D eigenvalue weighted by Crippen LogP contribution is -2.34. The summed E-state index contributed by atoms with van der Waals surface area (Å²) in [5.74, 6) is 3.12. The van der Waals surface area contributed by atoms with Gasteiger partial charge in [0, 0.05) is 18.3 Å². The number of benzene rings is 1. The number of nitrogens with zero attached hydrogens (tertiary/aromatic N) is 2. The minimum Gasteiger partial charge on any atom is -0.484 e. The lowest BCUT2D eigenvalue weighted by atomic mass is 9.93. The highest BCUT2D eigenvalue weighted by Crippen LogP contribution is 2.43. The van der Waals surface area contributed by atoms with Crippen LogP contribution < -0.4 is 10.1 Å². The molecule has 1 N–H and O–H groups in total. The van der Waals surface area contributed by atoms with Crippen molar-refractivity contribution >= 4 is 29.4 Å². The van der Waals surface area contributed by atoms with E-state index in [1.54, 1.807) is 0 Å². The normalized spacial score (nSPS) is 20.1. The molecule has 2 aliphatic rings. The fourth-order valence-electron chi connectivity index (χ4n) is 3.64. The number of thioether (sulfide) groups is 2. The van der Waals surface area contributed by atoms with Gasteiger partial charge in [-0.25, -0.2) is 0 Å². The van der Waals surface area contributed by atoms with Crippen molar-refractivity contribution in [1.82, 2.24) is 15.1 Å². The summed E-state index contributed by atoms with van der Waals surface area (Å²) in [5.41, 5.74) is 3.69. The van der Waals surface area contributed by atoms with Crippen molar-refractivity contribution in [1.29, 1.82) is 0 Å². The van der Waals surface area contributed by atoms with E-state index < -0.39 is 0 Å². The van der Waals surface area contributed by atoms with E-state index in [2.05, 4.69) is 22.5 Å². The van der Waals surface area contributed by atoms with Gasteiger partial charge < -0.3 is 10.1 Å². The Hall–Kier alpha value is -1.60. The topological polar surface area (TPSA) is 56.2 Å². The van der Waals surface area contributed by atoms with E-state index >= 15 is 0 Å². The van der Waals surface area contributed by atoms with E-state index in [0.29, 0.717) is 4.58 Å². The Kier molecular flexibility index (Phi) is 5.98. The Morgan fingerprint density at radius 1 is 1.26 bits per heavy atom. The smallest absolute Gasteiger partial charge is 0.258 e. The molecule has 144 valence electrons. The molecule has 2 aromatic rings. The van der Waals surface area contributed by atoms with Crippen molar-refractivity contribution in [2.75, 3.05) is 18.1 Å². The van der Waals surface area contributed by atoms with Crippen molar-refractivity contribution in [3.63, 3.8) is 0 Å². The number of hydrogen-bond donors (Lipinski definition) is 1. The molecule has 1 aliphatic heterocycles. The molecule has 1 amide bonds. The Balaban J connectivity index is 1.29. The first kappa shape index (κ1) is 18.7. The molecule has 2 heterocycles. The molecule has 1 fully saturated rings. The van der Waals surface area contributed by atoms with Gasteiger partial charge in [-0.3, -0.25) is 9.48 Å². The van der Waals surface area contributed by atoms with Gasteiger partial charge in [0.05, 0.1) is 16.8 Å². The highest BCUT2D eigenvalue weighted by Gasteiger charge is 2.24. The summed E-state index contributed by atoms with van der Waals surface area (Å²) in [5, 5.41) is 7.42. The first-order chi connectivity index (χ1) is 13.2. The lowest BCUT2D eigenvalue weighted by molar-refractivity contribution is -0.123. The van der Waals surface area contributed by atoms with Crippen LogP contribution in [-0.2, 0) is 18.3 Å². The van der Waals surface area contributed by atoms with Gasteiger partial charge in [0.15, 0.2) is 6.61 Å². The van der Waals surface area contributed by atoms with Crippen LogP contribution in [-0.4, -0.2) is 33.8 Å². The van der Waals surface area contributed by atoms with Crippen molar-refractivity contribution < 1.29 is 9.53 Å². The van der Waals surface area contributed by atoms with Crippen LogP contribution in [0.5, 0.6) is 5.75 Å². The summed E-state index contributed by atoms with van der Waals surface area (Å²) >= 11 is 4.01. The van der Waals surface area contributed by atoms with Gasteiger partial charge in [0.25, 0.3) is 5.91 Å². The quantitative estimate of drug-likeness (QED) is 0.822. The average Bonchev–Trinajstić information content (AvgIpc) is 3.10. The number of aryl methyl sites for hydroxylation is 1.